The molecular formula is C22H20N4O2S3. The molecule has 31 heavy (non-hydrogen) atoms. The predicted octanol–water partition coefficient (Wildman–Crippen LogP) is 4.82. The van der Waals surface area contributed by atoms with E-state index in [0.717, 1.165) is 47.2 Å². The number of nitrogens with one attached hydrogen (secondary N) is 1. The fourth-order valence-electron chi connectivity index (χ4n) is 3.78. The SMILES string of the molecule is Cc1ccc(-n2c(SCC(=O)Nc3nccs3)nc3sc4c(c3c2=O)CCCC4)cc1. The number of rotatable bonds is 5. The molecule has 1 aliphatic rings. The molecule has 0 saturated carbocycles. The van der Waals surface area contributed by atoms with Crippen molar-refractivity contribution in [2.75, 3.05) is 11.1 Å². The first-order valence-electron chi connectivity index (χ1n) is 10.1. The molecule has 1 aromatic carbocycles. The Balaban J connectivity index is 1.56. The smallest absolute Gasteiger partial charge is 0.267 e. The van der Waals surface area contributed by atoms with Crippen LogP contribution in [0.5, 0.6) is 0 Å². The number of aryl methyl sites for hydroxylation is 3. The lowest BCUT2D eigenvalue weighted by atomic mass is 9.97. The number of anilines is 1. The molecule has 1 aliphatic carbocycles. The minimum absolute atomic E-state index is 0.0453. The summed E-state index contributed by atoms with van der Waals surface area (Å²) >= 11 is 4.27. The summed E-state index contributed by atoms with van der Waals surface area (Å²) in [4.78, 5) is 37.1. The number of nitrogens with zero attached hydrogens (tertiary/aromatic N) is 3. The van der Waals surface area contributed by atoms with Gasteiger partial charge in [0.15, 0.2) is 10.3 Å². The lowest BCUT2D eigenvalue weighted by Crippen LogP contribution is -2.23. The van der Waals surface area contributed by atoms with Gasteiger partial charge < -0.3 is 5.32 Å². The van der Waals surface area contributed by atoms with Crippen LogP contribution in [0.15, 0.2) is 45.8 Å². The number of thiazole rings is 1. The molecule has 9 heteroatoms. The maximum Gasteiger partial charge on any atom is 0.267 e. The summed E-state index contributed by atoms with van der Waals surface area (Å²) in [5, 5.41) is 6.45. The molecule has 5 rings (SSSR count). The van der Waals surface area contributed by atoms with Crippen molar-refractivity contribution in [2.24, 2.45) is 0 Å². The van der Waals surface area contributed by atoms with Crippen molar-refractivity contribution in [1.82, 2.24) is 14.5 Å². The molecule has 0 bridgehead atoms. The molecule has 0 saturated heterocycles. The Bertz CT molecular complexity index is 1310. The molecule has 0 radical (unpaired) electrons. The number of hydrogen-bond acceptors (Lipinski definition) is 7. The van der Waals surface area contributed by atoms with E-state index >= 15 is 0 Å². The van der Waals surface area contributed by atoms with Crippen LogP contribution in [0.2, 0.25) is 0 Å². The number of aromatic nitrogens is 3. The molecule has 0 spiro atoms. The van der Waals surface area contributed by atoms with Crippen LogP contribution in [0.25, 0.3) is 15.9 Å². The summed E-state index contributed by atoms with van der Waals surface area (Å²) in [7, 11) is 0. The highest BCUT2D eigenvalue weighted by molar-refractivity contribution is 7.99. The molecule has 1 N–H and O–H groups in total. The minimum atomic E-state index is -0.171. The number of hydrogen-bond donors (Lipinski definition) is 1. The van der Waals surface area contributed by atoms with E-state index in [1.807, 2.05) is 36.6 Å². The van der Waals surface area contributed by atoms with E-state index < -0.39 is 0 Å². The number of carbonyl (C=O) groups excluding carboxylic acids is 1. The average Bonchev–Trinajstić information content (AvgIpc) is 3.40. The second-order valence-corrected chi connectivity index (χ2v) is 10.4. The zero-order valence-electron chi connectivity index (χ0n) is 16.9. The molecular weight excluding hydrogens is 448 g/mol. The molecule has 0 atom stereocenters. The Labute approximate surface area is 191 Å². The van der Waals surface area contributed by atoms with Gasteiger partial charge in [0.1, 0.15) is 4.83 Å². The third kappa shape index (κ3) is 4.05. The topological polar surface area (TPSA) is 76.9 Å². The average molecular weight is 469 g/mol. The molecule has 3 heterocycles. The van der Waals surface area contributed by atoms with Gasteiger partial charge in [-0.2, -0.15) is 0 Å². The molecule has 0 aliphatic heterocycles. The van der Waals surface area contributed by atoms with Gasteiger partial charge in [-0.25, -0.2) is 9.97 Å². The van der Waals surface area contributed by atoms with E-state index in [4.69, 9.17) is 4.98 Å². The number of benzene rings is 1. The van der Waals surface area contributed by atoms with Crippen molar-refractivity contribution in [2.45, 2.75) is 37.8 Å². The zero-order valence-corrected chi connectivity index (χ0v) is 19.3. The number of fused-ring (bicyclic) bond motifs is 3. The third-order valence-corrected chi connectivity index (χ3v) is 8.07. The van der Waals surface area contributed by atoms with Gasteiger partial charge in [0.2, 0.25) is 5.91 Å². The van der Waals surface area contributed by atoms with Crippen LogP contribution in [0.4, 0.5) is 5.13 Å². The summed E-state index contributed by atoms with van der Waals surface area (Å²) in [5.41, 5.74) is 3.01. The van der Waals surface area contributed by atoms with Crippen molar-refractivity contribution >= 4 is 55.7 Å². The largest absolute Gasteiger partial charge is 0.301 e. The lowest BCUT2D eigenvalue weighted by Gasteiger charge is -2.13. The molecule has 158 valence electrons. The number of amides is 1. The van der Waals surface area contributed by atoms with Gasteiger partial charge in [0.05, 0.1) is 16.8 Å². The summed E-state index contributed by atoms with van der Waals surface area (Å²) in [5.74, 6) is -0.0238. The Morgan fingerprint density at radius 1 is 1.23 bits per heavy atom. The fourth-order valence-corrected chi connectivity index (χ4v) is 6.44. The summed E-state index contributed by atoms with van der Waals surface area (Å²) in [6.07, 6.45) is 5.86. The third-order valence-electron chi connectivity index (χ3n) is 5.26. The van der Waals surface area contributed by atoms with Gasteiger partial charge in [0.25, 0.3) is 5.56 Å². The van der Waals surface area contributed by atoms with Crippen LogP contribution in [0, 0.1) is 6.92 Å². The van der Waals surface area contributed by atoms with E-state index in [2.05, 4.69) is 10.3 Å². The number of thiophene rings is 1. The van der Waals surface area contributed by atoms with Crippen molar-refractivity contribution in [3.8, 4) is 5.69 Å². The van der Waals surface area contributed by atoms with Crippen LogP contribution in [0.3, 0.4) is 0 Å². The summed E-state index contributed by atoms with van der Waals surface area (Å²) in [6.45, 7) is 2.02. The van der Waals surface area contributed by atoms with E-state index in [0.29, 0.717) is 10.3 Å². The van der Waals surface area contributed by atoms with Crippen LogP contribution >= 0.6 is 34.4 Å². The first-order chi connectivity index (χ1) is 15.1. The zero-order chi connectivity index (χ0) is 21.4. The highest BCUT2D eigenvalue weighted by Gasteiger charge is 2.23. The van der Waals surface area contributed by atoms with Crippen molar-refractivity contribution < 1.29 is 4.79 Å². The Morgan fingerprint density at radius 2 is 2.03 bits per heavy atom. The van der Waals surface area contributed by atoms with Crippen LogP contribution < -0.4 is 10.9 Å². The Hall–Kier alpha value is -2.49. The maximum atomic E-state index is 13.7. The maximum absolute atomic E-state index is 13.7. The Morgan fingerprint density at radius 3 is 2.81 bits per heavy atom. The first-order valence-corrected chi connectivity index (χ1v) is 12.7. The van der Waals surface area contributed by atoms with Gasteiger partial charge in [0, 0.05) is 16.5 Å². The van der Waals surface area contributed by atoms with Gasteiger partial charge in [-0.15, -0.1) is 22.7 Å². The molecule has 3 aromatic heterocycles. The summed E-state index contributed by atoms with van der Waals surface area (Å²) in [6, 6.07) is 7.84. The van der Waals surface area contributed by atoms with Crippen LogP contribution in [-0.4, -0.2) is 26.2 Å². The quantitative estimate of drug-likeness (QED) is 0.336. The normalized spacial score (nSPS) is 13.3. The lowest BCUT2D eigenvalue weighted by molar-refractivity contribution is -0.113. The second-order valence-electron chi connectivity index (χ2n) is 7.44. The molecule has 1 amide bonds. The van der Waals surface area contributed by atoms with Crippen molar-refractivity contribution in [3.05, 3.63) is 62.2 Å². The van der Waals surface area contributed by atoms with E-state index in [1.165, 1.54) is 33.5 Å². The van der Waals surface area contributed by atoms with Gasteiger partial charge in [-0.3, -0.25) is 14.2 Å². The second kappa shape index (κ2) is 8.57. The Kier molecular flexibility index (Phi) is 5.64. The summed E-state index contributed by atoms with van der Waals surface area (Å²) < 4.78 is 1.66. The minimum Gasteiger partial charge on any atom is -0.301 e. The number of carbonyl (C=O) groups is 1. The van der Waals surface area contributed by atoms with Gasteiger partial charge in [-0.1, -0.05) is 29.5 Å². The fraction of sp³-hybridized carbons (Fsp3) is 0.273. The molecule has 6 nitrogen and oxygen atoms in total. The molecule has 0 unspecified atom stereocenters. The van der Waals surface area contributed by atoms with E-state index in [-0.39, 0.29) is 17.2 Å². The van der Waals surface area contributed by atoms with Crippen LogP contribution in [0.1, 0.15) is 28.8 Å². The molecule has 4 aromatic rings. The number of thioether (sulfide) groups is 1. The highest BCUT2D eigenvalue weighted by atomic mass is 32.2. The first kappa shape index (κ1) is 20.4. The van der Waals surface area contributed by atoms with E-state index in [9.17, 15) is 9.59 Å². The highest BCUT2D eigenvalue weighted by Crippen LogP contribution is 2.35. The van der Waals surface area contributed by atoms with Gasteiger partial charge >= 0.3 is 0 Å². The van der Waals surface area contributed by atoms with Crippen molar-refractivity contribution in [3.63, 3.8) is 0 Å². The monoisotopic (exact) mass is 468 g/mol. The standard InChI is InChI=1S/C22H20N4O2S3/c1-13-6-8-14(9-7-13)26-20(28)18-15-4-2-3-5-16(15)31-19(18)25-22(26)30-12-17(27)24-21-23-10-11-29-21/h6-11H,2-5,12H2,1H3,(H,23,24,27). The van der Waals surface area contributed by atoms with Crippen LogP contribution in [-0.2, 0) is 17.6 Å². The van der Waals surface area contributed by atoms with Crippen molar-refractivity contribution in [1.29, 1.82) is 0 Å². The molecule has 0 fully saturated rings. The predicted molar refractivity (Wildman–Crippen MR) is 128 cm³/mol. The van der Waals surface area contributed by atoms with E-state index in [1.54, 1.807) is 22.1 Å². The van der Waals surface area contributed by atoms with Gasteiger partial charge in [-0.05, 0) is 50.3 Å².